The zero-order valence-electron chi connectivity index (χ0n) is 13.0. The first-order chi connectivity index (χ1) is 10.8. The average molecular weight is 301 g/mol. The molecule has 4 heteroatoms. The number of nitrogens with one attached hydrogen (secondary N) is 1. The Morgan fingerprint density at radius 3 is 2.91 bits per heavy atom. The molecule has 1 aromatic carbocycles. The molecule has 0 saturated carbocycles. The van der Waals surface area contributed by atoms with E-state index in [2.05, 4.69) is 11.9 Å². The van der Waals surface area contributed by atoms with Crippen LogP contribution < -0.4 is 14.8 Å². The van der Waals surface area contributed by atoms with Crippen molar-refractivity contribution >= 4 is 0 Å². The van der Waals surface area contributed by atoms with Crippen LogP contribution in [0.1, 0.15) is 17.7 Å². The normalized spacial score (nSPS) is 10.4. The predicted octanol–water partition coefficient (Wildman–Crippen LogP) is 3.58. The number of allylic oxidation sites excluding steroid dienone is 1. The zero-order chi connectivity index (χ0) is 15.6. The first-order valence-electron chi connectivity index (χ1n) is 7.47. The maximum Gasteiger partial charge on any atom is 0.161 e. The molecule has 118 valence electrons. The predicted molar refractivity (Wildman–Crippen MR) is 87.4 cm³/mol. The SMILES string of the molecule is C=CCc1ccc(OCCCNCc2ccco2)c(OC)c1. The zero-order valence-corrected chi connectivity index (χ0v) is 13.0. The van der Waals surface area contributed by atoms with Crippen LogP contribution in [0.3, 0.4) is 0 Å². The highest BCUT2D eigenvalue weighted by atomic mass is 16.5. The van der Waals surface area contributed by atoms with Gasteiger partial charge in [-0.3, -0.25) is 0 Å². The molecule has 1 N–H and O–H groups in total. The second-order valence-electron chi connectivity index (χ2n) is 4.94. The van der Waals surface area contributed by atoms with Crippen molar-refractivity contribution in [2.24, 2.45) is 0 Å². The van der Waals surface area contributed by atoms with Crippen molar-refractivity contribution in [1.29, 1.82) is 0 Å². The molecule has 0 saturated heterocycles. The van der Waals surface area contributed by atoms with Crippen molar-refractivity contribution < 1.29 is 13.9 Å². The molecule has 22 heavy (non-hydrogen) atoms. The number of hydrogen-bond acceptors (Lipinski definition) is 4. The van der Waals surface area contributed by atoms with Gasteiger partial charge in [0, 0.05) is 0 Å². The molecule has 0 amide bonds. The summed E-state index contributed by atoms with van der Waals surface area (Å²) in [6.07, 6.45) is 5.30. The molecule has 0 radical (unpaired) electrons. The molecule has 2 aromatic rings. The van der Waals surface area contributed by atoms with Gasteiger partial charge in [0.15, 0.2) is 11.5 Å². The second-order valence-corrected chi connectivity index (χ2v) is 4.94. The molecule has 2 rings (SSSR count). The Morgan fingerprint density at radius 2 is 2.18 bits per heavy atom. The second kappa shape index (κ2) is 8.95. The summed E-state index contributed by atoms with van der Waals surface area (Å²) < 4.78 is 16.4. The van der Waals surface area contributed by atoms with Gasteiger partial charge < -0.3 is 19.2 Å². The number of benzene rings is 1. The van der Waals surface area contributed by atoms with Gasteiger partial charge in [0.2, 0.25) is 0 Å². The van der Waals surface area contributed by atoms with Crippen molar-refractivity contribution in [2.75, 3.05) is 20.3 Å². The number of hydrogen-bond donors (Lipinski definition) is 1. The van der Waals surface area contributed by atoms with Gasteiger partial charge in [0.25, 0.3) is 0 Å². The Hall–Kier alpha value is -2.20. The van der Waals surface area contributed by atoms with Gasteiger partial charge >= 0.3 is 0 Å². The van der Waals surface area contributed by atoms with Crippen molar-refractivity contribution in [3.8, 4) is 11.5 Å². The summed E-state index contributed by atoms with van der Waals surface area (Å²) in [6.45, 7) is 6.00. The van der Waals surface area contributed by atoms with Gasteiger partial charge in [0.05, 0.1) is 26.5 Å². The average Bonchev–Trinajstić information content (AvgIpc) is 3.05. The maximum atomic E-state index is 5.78. The summed E-state index contributed by atoms with van der Waals surface area (Å²) in [6, 6.07) is 9.83. The van der Waals surface area contributed by atoms with E-state index in [1.165, 1.54) is 5.56 Å². The van der Waals surface area contributed by atoms with Crippen molar-refractivity contribution in [2.45, 2.75) is 19.4 Å². The van der Waals surface area contributed by atoms with E-state index in [4.69, 9.17) is 13.9 Å². The summed E-state index contributed by atoms with van der Waals surface area (Å²) in [5, 5.41) is 3.31. The molecule has 0 fully saturated rings. The molecule has 4 nitrogen and oxygen atoms in total. The van der Waals surface area contributed by atoms with Gasteiger partial charge in [-0.1, -0.05) is 12.1 Å². The number of rotatable bonds is 10. The van der Waals surface area contributed by atoms with Crippen LogP contribution in [-0.2, 0) is 13.0 Å². The van der Waals surface area contributed by atoms with Crippen molar-refractivity contribution in [3.05, 3.63) is 60.6 Å². The summed E-state index contributed by atoms with van der Waals surface area (Å²) in [5.41, 5.74) is 1.17. The number of furan rings is 1. The van der Waals surface area contributed by atoms with Crippen LogP contribution in [0.2, 0.25) is 0 Å². The smallest absolute Gasteiger partial charge is 0.161 e. The van der Waals surface area contributed by atoms with E-state index in [9.17, 15) is 0 Å². The highest BCUT2D eigenvalue weighted by Gasteiger charge is 2.05. The number of methoxy groups -OCH3 is 1. The first-order valence-corrected chi connectivity index (χ1v) is 7.47. The molecule has 0 unspecified atom stereocenters. The Morgan fingerprint density at radius 1 is 1.27 bits per heavy atom. The number of ether oxygens (including phenoxy) is 2. The monoisotopic (exact) mass is 301 g/mol. The topological polar surface area (TPSA) is 43.6 Å². The van der Waals surface area contributed by atoms with E-state index in [-0.39, 0.29) is 0 Å². The van der Waals surface area contributed by atoms with Crippen molar-refractivity contribution in [3.63, 3.8) is 0 Å². The van der Waals surface area contributed by atoms with Gasteiger partial charge in [-0.25, -0.2) is 0 Å². The van der Waals surface area contributed by atoms with Gasteiger partial charge in [-0.05, 0) is 49.2 Å². The standard InChI is InChI=1S/C18H23NO3/c1-3-6-15-8-9-17(18(13-15)20-2)22-12-5-10-19-14-16-7-4-11-21-16/h3-4,7-9,11,13,19H,1,5-6,10,12,14H2,2H3. The third-order valence-corrected chi connectivity index (χ3v) is 3.24. The molecule has 0 aliphatic carbocycles. The Bertz CT molecular complexity index is 564. The van der Waals surface area contributed by atoms with Crippen LogP contribution >= 0.6 is 0 Å². The van der Waals surface area contributed by atoms with E-state index in [0.29, 0.717) is 6.61 Å². The molecule has 0 spiro atoms. The van der Waals surface area contributed by atoms with Crippen LogP contribution in [0.4, 0.5) is 0 Å². The summed E-state index contributed by atoms with van der Waals surface area (Å²) in [5.74, 6) is 2.49. The highest BCUT2D eigenvalue weighted by Crippen LogP contribution is 2.28. The molecular weight excluding hydrogens is 278 g/mol. The summed E-state index contributed by atoms with van der Waals surface area (Å²) in [7, 11) is 1.66. The van der Waals surface area contributed by atoms with Crippen LogP contribution in [0, 0.1) is 0 Å². The Kier molecular flexibility index (Phi) is 6.58. The lowest BCUT2D eigenvalue weighted by Crippen LogP contribution is -2.16. The van der Waals surface area contributed by atoms with E-state index >= 15 is 0 Å². The van der Waals surface area contributed by atoms with Crippen LogP contribution in [0.15, 0.2) is 53.7 Å². The van der Waals surface area contributed by atoms with E-state index in [1.807, 2.05) is 36.4 Å². The van der Waals surface area contributed by atoms with E-state index in [1.54, 1.807) is 13.4 Å². The molecule has 0 atom stereocenters. The lowest BCUT2D eigenvalue weighted by Gasteiger charge is -2.12. The van der Waals surface area contributed by atoms with Crippen LogP contribution in [0.25, 0.3) is 0 Å². The molecule has 1 aromatic heterocycles. The van der Waals surface area contributed by atoms with E-state index in [0.717, 1.165) is 43.2 Å². The van der Waals surface area contributed by atoms with Crippen LogP contribution in [-0.4, -0.2) is 20.3 Å². The third kappa shape index (κ3) is 4.97. The van der Waals surface area contributed by atoms with Crippen molar-refractivity contribution in [1.82, 2.24) is 5.32 Å². The fourth-order valence-electron chi connectivity index (χ4n) is 2.13. The molecule has 0 bridgehead atoms. The lowest BCUT2D eigenvalue weighted by molar-refractivity contribution is 0.286. The van der Waals surface area contributed by atoms with Gasteiger partial charge in [-0.2, -0.15) is 0 Å². The van der Waals surface area contributed by atoms with E-state index < -0.39 is 0 Å². The largest absolute Gasteiger partial charge is 0.493 e. The van der Waals surface area contributed by atoms with Gasteiger partial charge in [-0.15, -0.1) is 6.58 Å². The molecule has 0 aliphatic rings. The molecular formula is C18H23NO3. The highest BCUT2D eigenvalue weighted by molar-refractivity contribution is 5.43. The minimum Gasteiger partial charge on any atom is -0.493 e. The minimum atomic E-state index is 0.641. The molecule has 0 aliphatic heterocycles. The minimum absolute atomic E-state index is 0.641. The fourth-order valence-corrected chi connectivity index (χ4v) is 2.13. The Balaban J connectivity index is 1.70. The Labute approximate surface area is 131 Å². The first kappa shape index (κ1) is 16.2. The lowest BCUT2D eigenvalue weighted by atomic mass is 10.1. The summed E-state index contributed by atoms with van der Waals surface area (Å²) in [4.78, 5) is 0. The molecule has 1 heterocycles. The van der Waals surface area contributed by atoms with Gasteiger partial charge in [0.1, 0.15) is 5.76 Å². The summed E-state index contributed by atoms with van der Waals surface area (Å²) >= 11 is 0. The maximum absolute atomic E-state index is 5.78. The third-order valence-electron chi connectivity index (χ3n) is 3.24. The quantitative estimate of drug-likeness (QED) is 0.538. The van der Waals surface area contributed by atoms with Crippen LogP contribution in [0.5, 0.6) is 11.5 Å². The fraction of sp³-hybridized carbons (Fsp3) is 0.333.